The van der Waals surface area contributed by atoms with Crippen molar-refractivity contribution in [2.24, 2.45) is 0 Å². The lowest BCUT2D eigenvalue weighted by Crippen LogP contribution is -2.27. The molecule has 0 amide bonds. The SMILES string of the molecule is COc1cc(CC(=O)OC(C)(C)C)c(C(=O)OC(C)(C)C)c(OC)c1. The molecule has 0 saturated carbocycles. The molecule has 0 aliphatic rings. The van der Waals surface area contributed by atoms with Gasteiger partial charge in [-0.25, -0.2) is 4.79 Å². The van der Waals surface area contributed by atoms with Crippen LogP contribution in [0.3, 0.4) is 0 Å². The van der Waals surface area contributed by atoms with Crippen LogP contribution in [0.1, 0.15) is 57.5 Å². The van der Waals surface area contributed by atoms with E-state index >= 15 is 0 Å². The molecule has 0 unspecified atom stereocenters. The van der Waals surface area contributed by atoms with Gasteiger partial charge in [0, 0.05) is 6.07 Å². The van der Waals surface area contributed by atoms with Gasteiger partial charge in [0.2, 0.25) is 0 Å². The summed E-state index contributed by atoms with van der Waals surface area (Å²) in [6, 6.07) is 3.20. The van der Waals surface area contributed by atoms with E-state index in [0.717, 1.165) is 0 Å². The van der Waals surface area contributed by atoms with Crippen LogP contribution < -0.4 is 9.47 Å². The maximum atomic E-state index is 12.6. The van der Waals surface area contributed by atoms with Crippen molar-refractivity contribution >= 4 is 11.9 Å². The molecule has 0 spiro atoms. The highest BCUT2D eigenvalue weighted by Gasteiger charge is 2.27. The maximum Gasteiger partial charge on any atom is 0.342 e. The molecule has 1 aromatic carbocycles. The fourth-order valence-corrected chi connectivity index (χ4v) is 2.16. The molecular weight excluding hydrogens is 324 g/mol. The molecule has 1 aromatic rings. The Balaban J connectivity index is 3.32. The number of benzene rings is 1. The lowest BCUT2D eigenvalue weighted by Gasteiger charge is -2.23. The van der Waals surface area contributed by atoms with Crippen molar-refractivity contribution in [2.75, 3.05) is 14.2 Å². The lowest BCUT2D eigenvalue weighted by atomic mass is 10.0. The average molecular weight is 352 g/mol. The smallest absolute Gasteiger partial charge is 0.342 e. The van der Waals surface area contributed by atoms with Crippen molar-refractivity contribution in [3.8, 4) is 11.5 Å². The summed E-state index contributed by atoms with van der Waals surface area (Å²) < 4.78 is 21.3. The van der Waals surface area contributed by atoms with Gasteiger partial charge in [-0.2, -0.15) is 0 Å². The first-order valence-corrected chi connectivity index (χ1v) is 8.06. The molecule has 6 nitrogen and oxygen atoms in total. The van der Waals surface area contributed by atoms with E-state index in [2.05, 4.69) is 0 Å². The van der Waals surface area contributed by atoms with Crippen LogP contribution in [0.15, 0.2) is 12.1 Å². The Kier molecular flexibility index (Phi) is 6.46. The van der Waals surface area contributed by atoms with E-state index in [9.17, 15) is 9.59 Å². The monoisotopic (exact) mass is 352 g/mol. The van der Waals surface area contributed by atoms with Gasteiger partial charge in [0.05, 0.1) is 20.6 Å². The van der Waals surface area contributed by atoms with Crippen molar-refractivity contribution in [2.45, 2.75) is 59.2 Å². The van der Waals surface area contributed by atoms with Gasteiger partial charge in [-0.15, -0.1) is 0 Å². The number of rotatable bonds is 5. The highest BCUT2D eigenvalue weighted by molar-refractivity contribution is 5.96. The van der Waals surface area contributed by atoms with Gasteiger partial charge in [-0.05, 0) is 53.2 Å². The summed E-state index contributed by atoms with van der Waals surface area (Å²) in [4.78, 5) is 24.9. The number of ether oxygens (including phenoxy) is 4. The summed E-state index contributed by atoms with van der Waals surface area (Å²) in [5.41, 5.74) is -0.666. The molecule has 25 heavy (non-hydrogen) atoms. The highest BCUT2D eigenvalue weighted by Crippen LogP contribution is 2.31. The van der Waals surface area contributed by atoms with Crippen molar-refractivity contribution in [1.82, 2.24) is 0 Å². The molecule has 0 bridgehead atoms. The fourth-order valence-electron chi connectivity index (χ4n) is 2.16. The van der Waals surface area contributed by atoms with Crippen LogP contribution in [0.25, 0.3) is 0 Å². The molecule has 0 fully saturated rings. The quantitative estimate of drug-likeness (QED) is 0.755. The van der Waals surface area contributed by atoms with E-state index < -0.39 is 23.1 Å². The molecular formula is C19H28O6. The van der Waals surface area contributed by atoms with E-state index in [1.807, 2.05) is 0 Å². The zero-order chi connectivity index (χ0) is 19.4. The standard InChI is InChI=1S/C19H28O6/c1-18(2,3)24-15(20)10-12-9-13(22-7)11-14(23-8)16(12)17(21)25-19(4,5)6/h9,11H,10H2,1-8H3. The second kappa shape index (κ2) is 7.76. The van der Waals surface area contributed by atoms with Crippen molar-refractivity contribution < 1.29 is 28.5 Å². The van der Waals surface area contributed by atoms with E-state index in [1.165, 1.54) is 14.2 Å². The predicted octanol–water partition coefficient (Wildman–Crippen LogP) is 3.54. The molecule has 0 N–H and O–H groups in total. The number of carbonyl (C=O) groups excluding carboxylic acids is 2. The van der Waals surface area contributed by atoms with E-state index in [-0.39, 0.29) is 17.7 Å². The first-order valence-electron chi connectivity index (χ1n) is 8.06. The minimum atomic E-state index is -0.675. The molecule has 0 aliphatic heterocycles. The van der Waals surface area contributed by atoms with E-state index in [1.54, 1.807) is 53.7 Å². The molecule has 0 heterocycles. The van der Waals surface area contributed by atoms with Gasteiger partial charge >= 0.3 is 11.9 Å². The maximum absolute atomic E-state index is 12.6. The largest absolute Gasteiger partial charge is 0.497 e. The molecule has 0 aromatic heterocycles. The minimum absolute atomic E-state index is 0.0978. The Morgan fingerprint density at radius 3 is 1.88 bits per heavy atom. The summed E-state index contributed by atoms with van der Waals surface area (Å²) in [7, 11) is 2.94. The zero-order valence-electron chi connectivity index (χ0n) is 16.3. The predicted molar refractivity (Wildman–Crippen MR) is 94.3 cm³/mol. The summed E-state index contributed by atoms with van der Waals surface area (Å²) in [6.07, 6.45) is -0.0978. The van der Waals surface area contributed by atoms with Gasteiger partial charge < -0.3 is 18.9 Å². The zero-order valence-corrected chi connectivity index (χ0v) is 16.3. The summed E-state index contributed by atoms with van der Waals surface area (Å²) in [5, 5.41) is 0. The number of methoxy groups -OCH3 is 2. The summed E-state index contributed by atoms with van der Waals surface area (Å²) in [5.74, 6) is -0.256. The number of carbonyl (C=O) groups is 2. The molecule has 0 aliphatic carbocycles. The fraction of sp³-hybridized carbons (Fsp3) is 0.579. The van der Waals surface area contributed by atoms with Crippen LogP contribution in [-0.4, -0.2) is 37.4 Å². The third-order valence-electron chi connectivity index (χ3n) is 2.97. The van der Waals surface area contributed by atoms with Crippen LogP contribution in [0.2, 0.25) is 0 Å². The molecule has 1 rings (SSSR count). The van der Waals surface area contributed by atoms with Crippen molar-refractivity contribution in [3.63, 3.8) is 0 Å². The van der Waals surface area contributed by atoms with Crippen LogP contribution in [0.4, 0.5) is 0 Å². The van der Waals surface area contributed by atoms with Crippen molar-refractivity contribution in [1.29, 1.82) is 0 Å². The van der Waals surface area contributed by atoms with Gasteiger partial charge in [-0.1, -0.05) is 0 Å². The summed E-state index contributed by atoms with van der Waals surface area (Å²) in [6.45, 7) is 10.7. The molecule has 140 valence electrons. The minimum Gasteiger partial charge on any atom is -0.497 e. The van der Waals surface area contributed by atoms with E-state index in [0.29, 0.717) is 11.3 Å². The topological polar surface area (TPSA) is 71.1 Å². The second-order valence-electron chi connectivity index (χ2n) is 7.63. The second-order valence-corrected chi connectivity index (χ2v) is 7.63. The molecule has 0 radical (unpaired) electrons. The van der Waals surface area contributed by atoms with Gasteiger partial charge in [0.25, 0.3) is 0 Å². The Hall–Kier alpha value is -2.24. The Labute approximate surface area is 149 Å². The molecule has 6 heteroatoms. The van der Waals surface area contributed by atoms with Crippen molar-refractivity contribution in [3.05, 3.63) is 23.3 Å². The number of hydrogen-bond acceptors (Lipinski definition) is 6. The van der Waals surface area contributed by atoms with Gasteiger partial charge in [0.1, 0.15) is 28.3 Å². The normalized spacial score (nSPS) is 11.7. The third-order valence-corrected chi connectivity index (χ3v) is 2.97. The molecule has 0 atom stereocenters. The number of esters is 2. The van der Waals surface area contributed by atoms with Crippen LogP contribution in [0, 0.1) is 0 Å². The summed E-state index contributed by atoms with van der Waals surface area (Å²) >= 11 is 0. The lowest BCUT2D eigenvalue weighted by molar-refractivity contribution is -0.153. The Morgan fingerprint density at radius 2 is 1.44 bits per heavy atom. The Bertz CT molecular complexity index is 635. The third kappa shape index (κ3) is 6.64. The average Bonchev–Trinajstić information content (AvgIpc) is 2.41. The van der Waals surface area contributed by atoms with Crippen LogP contribution >= 0.6 is 0 Å². The van der Waals surface area contributed by atoms with Crippen LogP contribution in [0.5, 0.6) is 11.5 Å². The first-order chi connectivity index (χ1) is 11.4. The highest BCUT2D eigenvalue weighted by atomic mass is 16.6. The van der Waals surface area contributed by atoms with Crippen LogP contribution in [-0.2, 0) is 20.7 Å². The molecule has 0 saturated heterocycles. The van der Waals surface area contributed by atoms with Gasteiger partial charge in [-0.3, -0.25) is 4.79 Å². The first kappa shape index (κ1) is 20.8. The van der Waals surface area contributed by atoms with E-state index in [4.69, 9.17) is 18.9 Å². The Morgan fingerprint density at radius 1 is 0.880 bits per heavy atom. The number of hydrogen-bond donors (Lipinski definition) is 0. The van der Waals surface area contributed by atoms with Gasteiger partial charge in [0.15, 0.2) is 0 Å².